The largest absolute Gasteiger partial charge is 0.493 e. The van der Waals surface area contributed by atoms with Gasteiger partial charge in [-0.2, -0.15) is 0 Å². The number of ether oxygens (including phenoxy) is 2. The molecule has 1 spiro atoms. The lowest BCUT2D eigenvalue weighted by Gasteiger charge is -2.30. The summed E-state index contributed by atoms with van der Waals surface area (Å²) >= 11 is 6.49. The van der Waals surface area contributed by atoms with E-state index in [9.17, 15) is 14.9 Å². The highest BCUT2D eigenvalue weighted by atomic mass is 35.5. The van der Waals surface area contributed by atoms with Crippen LogP contribution in [0.4, 0.5) is 5.69 Å². The minimum Gasteiger partial charge on any atom is -0.493 e. The van der Waals surface area contributed by atoms with E-state index in [1.807, 2.05) is 0 Å². The van der Waals surface area contributed by atoms with Crippen molar-refractivity contribution in [2.45, 2.75) is 17.5 Å². The van der Waals surface area contributed by atoms with E-state index in [2.05, 4.69) is 5.32 Å². The third kappa shape index (κ3) is 2.59. The van der Waals surface area contributed by atoms with Crippen molar-refractivity contribution in [2.75, 3.05) is 33.1 Å². The van der Waals surface area contributed by atoms with Crippen molar-refractivity contribution in [2.24, 2.45) is 0 Å². The molecule has 29 heavy (non-hydrogen) atoms. The Morgan fingerprint density at radius 2 is 1.90 bits per heavy atom. The quantitative estimate of drug-likeness (QED) is 0.607. The highest BCUT2D eigenvalue weighted by Crippen LogP contribution is 2.53. The molecule has 2 aliphatic heterocycles. The topological polar surface area (TPSA) is 93.9 Å². The number of benzene rings is 2. The van der Waals surface area contributed by atoms with Gasteiger partial charge in [0.15, 0.2) is 17.0 Å². The third-order valence-electron chi connectivity index (χ3n) is 5.94. The molecule has 2 aromatic rings. The van der Waals surface area contributed by atoms with E-state index in [1.54, 1.807) is 48.3 Å². The first-order chi connectivity index (χ1) is 13.9. The number of carbonyl (C=O) groups is 1. The van der Waals surface area contributed by atoms with Crippen molar-refractivity contribution in [1.29, 1.82) is 0 Å². The molecule has 3 atom stereocenters. The van der Waals surface area contributed by atoms with Gasteiger partial charge in [0, 0.05) is 33.8 Å². The minimum absolute atomic E-state index is 0.280. The molecule has 2 aliphatic rings. The zero-order valence-corrected chi connectivity index (χ0v) is 16.9. The fourth-order valence-corrected chi connectivity index (χ4v) is 5.01. The Labute approximate surface area is 172 Å². The van der Waals surface area contributed by atoms with Gasteiger partial charge in [0.1, 0.15) is 0 Å². The molecule has 152 valence electrons. The number of likely N-dealkylation sites (tertiary alicyclic amines) is 1. The molecule has 0 saturated carbocycles. The standard InChI is InChI=1S/C20H20ClN3O5/c1-23-10-12(11-8-16(28-2)17(29-3)9-14(11)21)18(24(26)27)20(23)13-6-4-5-7-15(13)22-19(20)25/h4-9,12,18H,10H2,1-3H3,(H,22,25)/t12-,18-,20+/m0/s1. The van der Waals surface area contributed by atoms with Crippen molar-refractivity contribution in [3.05, 3.63) is 62.7 Å². The summed E-state index contributed by atoms with van der Waals surface area (Å²) in [6.45, 7) is 0.280. The molecule has 0 radical (unpaired) electrons. The monoisotopic (exact) mass is 417 g/mol. The Hall–Kier alpha value is -2.84. The van der Waals surface area contributed by atoms with Crippen LogP contribution in [-0.4, -0.2) is 49.6 Å². The van der Waals surface area contributed by atoms with Gasteiger partial charge in [0.2, 0.25) is 0 Å². The van der Waals surface area contributed by atoms with Crippen molar-refractivity contribution >= 4 is 23.2 Å². The second kappa shape index (κ2) is 6.89. The van der Waals surface area contributed by atoms with Crippen molar-refractivity contribution in [3.8, 4) is 11.5 Å². The van der Waals surface area contributed by atoms with Crippen LogP contribution in [-0.2, 0) is 10.3 Å². The van der Waals surface area contributed by atoms with Crippen LogP contribution in [0.25, 0.3) is 0 Å². The van der Waals surface area contributed by atoms with Gasteiger partial charge in [-0.15, -0.1) is 0 Å². The first-order valence-electron chi connectivity index (χ1n) is 9.03. The molecule has 8 nitrogen and oxygen atoms in total. The first-order valence-corrected chi connectivity index (χ1v) is 9.41. The summed E-state index contributed by atoms with van der Waals surface area (Å²) in [6.07, 6.45) is 0. The van der Waals surface area contributed by atoms with Gasteiger partial charge >= 0.3 is 0 Å². The number of hydrogen-bond donors (Lipinski definition) is 1. The number of rotatable bonds is 4. The number of hydrogen-bond acceptors (Lipinski definition) is 6. The van der Waals surface area contributed by atoms with E-state index >= 15 is 0 Å². The van der Waals surface area contributed by atoms with Gasteiger partial charge in [-0.05, 0) is 24.7 Å². The number of fused-ring (bicyclic) bond motifs is 2. The molecule has 0 aliphatic carbocycles. The third-order valence-corrected chi connectivity index (χ3v) is 6.27. The summed E-state index contributed by atoms with van der Waals surface area (Å²) in [4.78, 5) is 26.8. The number of amides is 1. The molecule has 0 aromatic heterocycles. The van der Waals surface area contributed by atoms with Gasteiger partial charge in [0.25, 0.3) is 11.9 Å². The van der Waals surface area contributed by atoms with Crippen LogP contribution >= 0.6 is 11.6 Å². The SMILES string of the molecule is COc1cc(Cl)c([C@@H]2CN(C)[C@@]3(C(=O)Nc4ccccc43)[C@H]2[N+](=O)[O-])cc1OC. The van der Waals surface area contributed by atoms with E-state index in [1.165, 1.54) is 14.2 Å². The average Bonchev–Trinajstić information content (AvgIpc) is 3.17. The Bertz CT molecular complexity index is 1010. The van der Waals surface area contributed by atoms with Gasteiger partial charge in [-0.25, -0.2) is 0 Å². The van der Waals surface area contributed by atoms with Gasteiger partial charge < -0.3 is 14.8 Å². The summed E-state index contributed by atoms with van der Waals surface area (Å²) in [6, 6.07) is 9.10. The van der Waals surface area contributed by atoms with Crippen LogP contribution in [0.2, 0.25) is 5.02 Å². The van der Waals surface area contributed by atoms with Crippen LogP contribution in [0.3, 0.4) is 0 Å². The number of methoxy groups -OCH3 is 2. The number of anilines is 1. The fraction of sp³-hybridized carbons (Fsp3) is 0.350. The highest BCUT2D eigenvalue weighted by Gasteiger charge is 2.68. The number of para-hydroxylation sites is 1. The summed E-state index contributed by atoms with van der Waals surface area (Å²) in [5.41, 5.74) is 0.330. The molecule has 0 unspecified atom stereocenters. The lowest BCUT2D eigenvalue weighted by Crippen LogP contribution is -2.54. The summed E-state index contributed by atoms with van der Waals surface area (Å²) in [5, 5.41) is 15.5. The normalized spacial score (nSPS) is 25.7. The predicted octanol–water partition coefficient (Wildman–Crippen LogP) is 2.88. The predicted molar refractivity (Wildman–Crippen MR) is 107 cm³/mol. The number of nitrogens with zero attached hydrogens (tertiary/aromatic N) is 2. The maximum Gasteiger partial charge on any atom is 0.256 e. The average molecular weight is 418 g/mol. The molecule has 1 saturated heterocycles. The molecule has 4 rings (SSSR count). The summed E-state index contributed by atoms with van der Waals surface area (Å²) in [5.74, 6) is -0.168. The zero-order chi connectivity index (χ0) is 20.9. The lowest BCUT2D eigenvalue weighted by molar-refractivity contribution is -0.534. The number of nitro groups is 1. The van der Waals surface area contributed by atoms with Crippen LogP contribution < -0.4 is 14.8 Å². The number of carbonyl (C=O) groups excluding carboxylic acids is 1. The maximum absolute atomic E-state index is 13.1. The van der Waals surface area contributed by atoms with E-state index in [0.717, 1.165) is 0 Å². The molecular formula is C20H20ClN3O5. The Balaban J connectivity index is 1.91. The second-order valence-corrected chi connectivity index (χ2v) is 7.62. The van der Waals surface area contributed by atoms with Gasteiger partial charge in [-0.1, -0.05) is 29.8 Å². The van der Waals surface area contributed by atoms with Gasteiger partial charge in [0.05, 0.1) is 20.1 Å². The van der Waals surface area contributed by atoms with Gasteiger partial charge in [-0.3, -0.25) is 19.8 Å². The molecule has 0 bridgehead atoms. The smallest absolute Gasteiger partial charge is 0.256 e. The Morgan fingerprint density at radius 3 is 2.55 bits per heavy atom. The lowest BCUT2D eigenvalue weighted by atomic mass is 9.79. The van der Waals surface area contributed by atoms with Crippen LogP contribution in [0.5, 0.6) is 11.5 Å². The number of likely N-dealkylation sites (N-methyl/N-ethyl adjacent to an activating group) is 1. The van der Waals surface area contributed by atoms with Crippen molar-refractivity contribution in [3.63, 3.8) is 0 Å². The number of halogens is 1. The molecular weight excluding hydrogens is 398 g/mol. The first kappa shape index (κ1) is 19.5. The molecule has 2 aromatic carbocycles. The van der Waals surface area contributed by atoms with E-state index in [-0.39, 0.29) is 11.5 Å². The Kier molecular flexibility index (Phi) is 4.63. The molecule has 1 amide bonds. The summed E-state index contributed by atoms with van der Waals surface area (Å²) < 4.78 is 10.6. The Morgan fingerprint density at radius 1 is 1.24 bits per heavy atom. The fourth-order valence-electron chi connectivity index (χ4n) is 4.71. The summed E-state index contributed by atoms with van der Waals surface area (Å²) in [7, 11) is 4.71. The van der Waals surface area contributed by atoms with Crippen molar-refractivity contribution < 1.29 is 19.2 Å². The second-order valence-electron chi connectivity index (χ2n) is 7.21. The van der Waals surface area contributed by atoms with Crippen LogP contribution in [0, 0.1) is 10.1 Å². The zero-order valence-electron chi connectivity index (χ0n) is 16.1. The number of nitrogens with one attached hydrogen (secondary N) is 1. The van der Waals surface area contributed by atoms with E-state index in [4.69, 9.17) is 21.1 Å². The molecule has 1 fully saturated rings. The highest BCUT2D eigenvalue weighted by molar-refractivity contribution is 6.31. The minimum atomic E-state index is -1.42. The molecule has 9 heteroatoms. The van der Waals surface area contributed by atoms with Crippen molar-refractivity contribution in [1.82, 2.24) is 4.90 Å². The maximum atomic E-state index is 13.1. The van der Waals surface area contributed by atoms with Crippen LogP contribution in [0.1, 0.15) is 17.0 Å². The van der Waals surface area contributed by atoms with Crippen LogP contribution in [0.15, 0.2) is 36.4 Å². The van der Waals surface area contributed by atoms with E-state index in [0.29, 0.717) is 33.3 Å². The molecule has 1 N–H and O–H groups in total. The molecule has 2 heterocycles. The van der Waals surface area contributed by atoms with E-state index < -0.39 is 23.4 Å².